The molecule has 0 amide bonds. The SMILES string of the molecule is Nc1ccccc1C#Cc1c(Oc2ccccc2)cc(Oc2ccccc2)cc1Oc1ccccc1. The van der Waals surface area contributed by atoms with E-state index in [2.05, 4.69) is 11.8 Å². The van der Waals surface area contributed by atoms with E-state index in [0.717, 1.165) is 5.56 Å². The molecule has 0 aliphatic carbocycles. The summed E-state index contributed by atoms with van der Waals surface area (Å²) < 4.78 is 18.7. The number of nitrogen functional groups attached to an aromatic ring is 1. The van der Waals surface area contributed by atoms with Crippen LogP contribution in [0.15, 0.2) is 127 Å². The number of nitrogens with two attached hydrogens (primary N) is 1. The van der Waals surface area contributed by atoms with Gasteiger partial charge in [-0.05, 0) is 48.5 Å². The smallest absolute Gasteiger partial charge is 0.150 e. The molecule has 0 radical (unpaired) electrons. The lowest BCUT2D eigenvalue weighted by molar-refractivity contribution is 0.438. The molecule has 174 valence electrons. The second kappa shape index (κ2) is 10.9. The van der Waals surface area contributed by atoms with E-state index in [1.165, 1.54) is 0 Å². The molecule has 36 heavy (non-hydrogen) atoms. The summed E-state index contributed by atoms with van der Waals surface area (Å²) in [6.07, 6.45) is 0. The first kappa shape index (κ1) is 22.6. The summed E-state index contributed by atoms with van der Waals surface area (Å²) in [6, 6.07) is 39.7. The van der Waals surface area contributed by atoms with Crippen molar-refractivity contribution in [3.8, 4) is 46.3 Å². The molecule has 0 aromatic heterocycles. The van der Waals surface area contributed by atoms with Crippen LogP contribution in [0.5, 0.6) is 34.5 Å². The van der Waals surface area contributed by atoms with Crippen LogP contribution >= 0.6 is 0 Å². The van der Waals surface area contributed by atoms with Crippen molar-refractivity contribution in [1.29, 1.82) is 0 Å². The van der Waals surface area contributed by atoms with E-state index in [0.29, 0.717) is 45.7 Å². The highest BCUT2D eigenvalue weighted by Crippen LogP contribution is 2.39. The maximum atomic E-state index is 6.29. The molecule has 5 aromatic carbocycles. The topological polar surface area (TPSA) is 53.7 Å². The summed E-state index contributed by atoms with van der Waals surface area (Å²) in [6.45, 7) is 0. The minimum absolute atomic E-state index is 0.502. The average Bonchev–Trinajstić information content (AvgIpc) is 2.91. The Hall–Kier alpha value is -5.14. The molecule has 5 aromatic rings. The third-order valence-electron chi connectivity index (χ3n) is 5.24. The third-order valence-corrected chi connectivity index (χ3v) is 5.24. The van der Waals surface area contributed by atoms with Crippen molar-refractivity contribution in [2.45, 2.75) is 0 Å². The van der Waals surface area contributed by atoms with Gasteiger partial charge in [0.15, 0.2) is 11.5 Å². The molecule has 0 saturated heterocycles. The van der Waals surface area contributed by atoms with Crippen LogP contribution in [0.3, 0.4) is 0 Å². The largest absolute Gasteiger partial charge is 0.457 e. The van der Waals surface area contributed by atoms with Crippen LogP contribution in [0.4, 0.5) is 5.69 Å². The zero-order valence-electron chi connectivity index (χ0n) is 19.4. The molecule has 0 aliphatic rings. The fourth-order valence-corrected chi connectivity index (χ4v) is 3.51. The standard InChI is InChI=1S/C32H23NO3/c33-30-19-11-10-12-24(30)20-21-29-31(35-26-15-6-2-7-16-26)22-28(34-25-13-4-1-5-14-25)23-32(29)36-27-17-8-3-9-18-27/h1-19,22-23H,33H2. The molecule has 0 fully saturated rings. The van der Waals surface area contributed by atoms with Crippen molar-refractivity contribution in [2.75, 3.05) is 5.73 Å². The van der Waals surface area contributed by atoms with Crippen LogP contribution in [0.1, 0.15) is 11.1 Å². The summed E-state index contributed by atoms with van der Waals surface area (Å²) in [5.41, 5.74) is 8.03. The minimum Gasteiger partial charge on any atom is -0.457 e. The van der Waals surface area contributed by atoms with Gasteiger partial charge in [-0.15, -0.1) is 0 Å². The number of hydrogen-bond acceptors (Lipinski definition) is 4. The van der Waals surface area contributed by atoms with Crippen molar-refractivity contribution in [3.63, 3.8) is 0 Å². The minimum atomic E-state index is 0.502. The molecule has 0 heterocycles. The highest BCUT2D eigenvalue weighted by molar-refractivity contribution is 5.64. The molecule has 0 aliphatic heterocycles. The Labute approximate surface area is 210 Å². The van der Waals surface area contributed by atoms with Gasteiger partial charge < -0.3 is 19.9 Å². The third kappa shape index (κ3) is 5.67. The lowest BCUT2D eigenvalue weighted by Gasteiger charge is -2.16. The monoisotopic (exact) mass is 469 g/mol. The van der Waals surface area contributed by atoms with E-state index in [1.807, 2.05) is 127 Å². The lowest BCUT2D eigenvalue weighted by atomic mass is 10.1. The van der Waals surface area contributed by atoms with Crippen LogP contribution in [0.25, 0.3) is 0 Å². The van der Waals surface area contributed by atoms with Gasteiger partial charge in [-0.3, -0.25) is 0 Å². The van der Waals surface area contributed by atoms with Crippen molar-refractivity contribution in [2.24, 2.45) is 0 Å². The average molecular weight is 470 g/mol. The van der Waals surface area contributed by atoms with Gasteiger partial charge in [0.2, 0.25) is 0 Å². The normalized spacial score (nSPS) is 10.1. The van der Waals surface area contributed by atoms with E-state index in [9.17, 15) is 0 Å². The maximum absolute atomic E-state index is 6.29. The van der Waals surface area contributed by atoms with Crippen LogP contribution in [0.2, 0.25) is 0 Å². The fourth-order valence-electron chi connectivity index (χ4n) is 3.51. The Kier molecular flexibility index (Phi) is 6.83. The molecule has 2 N–H and O–H groups in total. The van der Waals surface area contributed by atoms with Crippen LogP contribution in [-0.4, -0.2) is 0 Å². The van der Waals surface area contributed by atoms with Gasteiger partial charge in [0.05, 0.1) is 0 Å². The highest BCUT2D eigenvalue weighted by atomic mass is 16.5. The van der Waals surface area contributed by atoms with Gasteiger partial charge >= 0.3 is 0 Å². The second-order valence-electron chi connectivity index (χ2n) is 7.88. The molecule has 0 bridgehead atoms. The summed E-state index contributed by atoms with van der Waals surface area (Å²) in [5.74, 6) is 10.0. The highest BCUT2D eigenvalue weighted by Gasteiger charge is 2.16. The van der Waals surface area contributed by atoms with E-state index in [1.54, 1.807) is 0 Å². The quantitative estimate of drug-likeness (QED) is 0.202. The number of rotatable bonds is 6. The van der Waals surface area contributed by atoms with Gasteiger partial charge in [-0.1, -0.05) is 78.6 Å². The van der Waals surface area contributed by atoms with Gasteiger partial charge in [0.25, 0.3) is 0 Å². The Morgan fingerprint density at radius 1 is 0.444 bits per heavy atom. The molecule has 0 spiro atoms. The molecule has 0 atom stereocenters. The Bertz CT molecular complexity index is 1440. The van der Waals surface area contributed by atoms with Crippen molar-refractivity contribution in [3.05, 3.63) is 139 Å². The van der Waals surface area contributed by atoms with Crippen molar-refractivity contribution in [1.82, 2.24) is 0 Å². The van der Waals surface area contributed by atoms with E-state index >= 15 is 0 Å². The Morgan fingerprint density at radius 3 is 1.39 bits per heavy atom. The summed E-state index contributed by atoms with van der Waals surface area (Å²) in [7, 11) is 0. The molecular weight excluding hydrogens is 446 g/mol. The Morgan fingerprint density at radius 2 is 0.889 bits per heavy atom. The fraction of sp³-hybridized carbons (Fsp3) is 0. The second-order valence-corrected chi connectivity index (χ2v) is 7.88. The van der Waals surface area contributed by atoms with E-state index < -0.39 is 0 Å². The molecular formula is C32H23NO3. The van der Waals surface area contributed by atoms with Gasteiger partial charge in [-0.2, -0.15) is 0 Å². The maximum Gasteiger partial charge on any atom is 0.150 e. The first-order valence-corrected chi connectivity index (χ1v) is 11.5. The Balaban J connectivity index is 1.65. The molecule has 4 heteroatoms. The molecule has 0 unspecified atom stereocenters. The number of para-hydroxylation sites is 4. The lowest BCUT2D eigenvalue weighted by Crippen LogP contribution is -1.96. The number of benzene rings is 5. The van der Waals surface area contributed by atoms with Crippen molar-refractivity contribution >= 4 is 5.69 Å². The molecule has 0 saturated carbocycles. The van der Waals surface area contributed by atoms with Crippen LogP contribution in [0, 0.1) is 11.8 Å². The van der Waals surface area contributed by atoms with E-state index in [4.69, 9.17) is 19.9 Å². The first-order chi connectivity index (χ1) is 17.7. The summed E-state index contributed by atoms with van der Waals surface area (Å²) >= 11 is 0. The predicted molar refractivity (Wildman–Crippen MR) is 143 cm³/mol. The zero-order valence-corrected chi connectivity index (χ0v) is 19.4. The summed E-state index contributed by atoms with van der Waals surface area (Å²) in [5, 5.41) is 0. The van der Waals surface area contributed by atoms with Gasteiger partial charge in [0.1, 0.15) is 28.6 Å². The first-order valence-electron chi connectivity index (χ1n) is 11.5. The van der Waals surface area contributed by atoms with Gasteiger partial charge in [-0.25, -0.2) is 0 Å². The molecule has 5 rings (SSSR count). The van der Waals surface area contributed by atoms with Crippen molar-refractivity contribution < 1.29 is 14.2 Å². The number of hydrogen-bond donors (Lipinski definition) is 1. The predicted octanol–water partition coefficient (Wildman–Crippen LogP) is 8.05. The molecule has 4 nitrogen and oxygen atoms in total. The van der Waals surface area contributed by atoms with Crippen LogP contribution < -0.4 is 19.9 Å². The van der Waals surface area contributed by atoms with E-state index in [-0.39, 0.29) is 0 Å². The van der Waals surface area contributed by atoms with Gasteiger partial charge in [0, 0.05) is 23.4 Å². The van der Waals surface area contributed by atoms with Crippen LogP contribution in [-0.2, 0) is 0 Å². The summed E-state index contributed by atoms with van der Waals surface area (Å²) in [4.78, 5) is 0. The number of anilines is 1. The number of ether oxygens (including phenoxy) is 3. The zero-order chi connectivity index (χ0) is 24.6.